The first-order chi connectivity index (χ1) is 9.49. The fourth-order valence-corrected chi connectivity index (χ4v) is 2.54. The molecule has 2 aromatic rings. The van der Waals surface area contributed by atoms with E-state index in [1.54, 1.807) is 0 Å². The van der Waals surface area contributed by atoms with E-state index in [0.717, 1.165) is 6.42 Å². The van der Waals surface area contributed by atoms with E-state index in [0.29, 0.717) is 0 Å². The summed E-state index contributed by atoms with van der Waals surface area (Å²) in [7, 11) is 4.10. The first kappa shape index (κ1) is 14.6. The van der Waals surface area contributed by atoms with Gasteiger partial charge in [0.05, 0.1) is 0 Å². The number of nitrogens with two attached hydrogens (primary N) is 1. The average molecular weight is 268 g/mol. The van der Waals surface area contributed by atoms with Gasteiger partial charge in [0.2, 0.25) is 0 Å². The minimum absolute atomic E-state index is 0.0368. The third-order valence-corrected chi connectivity index (χ3v) is 3.88. The Hall–Kier alpha value is -1.80. The molecule has 2 heteroatoms. The van der Waals surface area contributed by atoms with Gasteiger partial charge in [-0.1, -0.05) is 30.3 Å². The Morgan fingerprint density at radius 2 is 1.60 bits per heavy atom. The largest absolute Gasteiger partial charge is 0.378 e. The first-order valence-electron chi connectivity index (χ1n) is 7.07. The second-order valence-electron chi connectivity index (χ2n) is 5.67. The maximum Gasteiger partial charge on any atom is 0.0364 e. The maximum atomic E-state index is 6.42. The monoisotopic (exact) mass is 268 g/mol. The number of rotatable bonds is 4. The van der Waals surface area contributed by atoms with Crippen molar-refractivity contribution in [1.29, 1.82) is 0 Å². The van der Waals surface area contributed by atoms with Crippen molar-refractivity contribution in [1.82, 2.24) is 0 Å². The number of anilines is 1. The second kappa shape index (κ2) is 6.10. The summed E-state index contributed by atoms with van der Waals surface area (Å²) in [6, 6.07) is 14.9. The quantitative estimate of drug-likeness (QED) is 0.917. The Labute approximate surface area is 122 Å². The Kier molecular flexibility index (Phi) is 4.46. The van der Waals surface area contributed by atoms with Crippen LogP contribution in [0.3, 0.4) is 0 Å². The smallest absolute Gasteiger partial charge is 0.0364 e. The minimum Gasteiger partial charge on any atom is -0.378 e. The van der Waals surface area contributed by atoms with Gasteiger partial charge >= 0.3 is 0 Å². The van der Waals surface area contributed by atoms with Crippen molar-refractivity contribution >= 4 is 5.69 Å². The van der Waals surface area contributed by atoms with E-state index < -0.39 is 0 Å². The van der Waals surface area contributed by atoms with Crippen LogP contribution in [0.15, 0.2) is 42.5 Å². The first-order valence-corrected chi connectivity index (χ1v) is 7.07. The molecule has 0 fully saturated rings. The fourth-order valence-electron chi connectivity index (χ4n) is 2.54. The lowest BCUT2D eigenvalue weighted by atomic mass is 9.93. The van der Waals surface area contributed by atoms with Crippen molar-refractivity contribution in [3.05, 3.63) is 64.7 Å². The van der Waals surface area contributed by atoms with Crippen molar-refractivity contribution in [2.24, 2.45) is 5.73 Å². The molecule has 0 radical (unpaired) electrons. The van der Waals surface area contributed by atoms with Gasteiger partial charge in [-0.3, -0.25) is 0 Å². The Morgan fingerprint density at radius 3 is 2.20 bits per heavy atom. The topological polar surface area (TPSA) is 29.3 Å². The van der Waals surface area contributed by atoms with E-state index >= 15 is 0 Å². The Balaban J connectivity index is 2.24. The lowest BCUT2D eigenvalue weighted by molar-refractivity contribution is 0.715. The predicted octanol–water partition coefficient (Wildman–Crippen LogP) is 3.61. The van der Waals surface area contributed by atoms with Crippen LogP contribution < -0.4 is 10.6 Å². The van der Waals surface area contributed by atoms with Crippen molar-refractivity contribution in [3.8, 4) is 0 Å². The summed E-state index contributed by atoms with van der Waals surface area (Å²) >= 11 is 0. The van der Waals surface area contributed by atoms with E-state index in [1.165, 1.54) is 27.9 Å². The lowest BCUT2D eigenvalue weighted by Crippen LogP contribution is -2.16. The molecule has 0 saturated heterocycles. The van der Waals surface area contributed by atoms with E-state index in [4.69, 9.17) is 5.73 Å². The Morgan fingerprint density at radius 1 is 1.00 bits per heavy atom. The van der Waals surface area contributed by atoms with Gasteiger partial charge in [-0.05, 0) is 54.7 Å². The van der Waals surface area contributed by atoms with Crippen LogP contribution in [0, 0.1) is 13.8 Å². The summed E-state index contributed by atoms with van der Waals surface area (Å²) in [4.78, 5) is 2.11. The number of nitrogens with zero attached hydrogens (tertiary/aromatic N) is 1. The zero-order valence-electron chi connectivity index (χ0n) is 12.9. The molecule has 0 spiro atoms. The molecule has 0 aliphatic rings. The van der Waals surface area contributed by atoms with Gasteiger partial charge < -0.3 is 10.6 Å². The summed E-state index contributed by atoms with van der Waals surface area (Å²) in [5, 5.41) is 0. The van der Waals surface area contributed by atoms with Crippen LogP contribution in [0.2, 0.25) is 0 Å². The average Bonchev–Trinajstić information content (AvgIpc) is 2.43. The maximum absolute atomic E-state index is 6.42. The highest BCUT2D eigenvalue weighted by Gasteiger charge is 2.11. The van der Waals surface area contributed by atoms with Gasteiger partial charge in [0.1, 0.15) is 0 Å². The van der Waals surface area contributed by atoms with Crippen molar-refractivity contribution in [2.45, 2.75) is 26.3 Å². The predicted molar refractivity (Wildman–Crippen MR) is 87.3 cm³/mol. The summed E-state index contributed by atoms with van der Waals surface area (Å²) in [6.07, 6.45) is 0.884. The van der Waals surface area contributed by atoms with Gasteiger partial charge in [0.15, 0.2) is 0 Å². The van der Waals surface area contributed by atoms with E-state index in [2.05, 4.69) is 75.3 Å². The molecule has 0 aliphatic heterocycles. The second-order valence-corrected chi connectivity index (χ2v) is 5.67. The lowest BCUT2D eigenvalue weighted by Gasteiger charge is -2.19. The summed E-state index contributed by atoms with van der Waals surface area (Å²) < 4.78 is 0. The van der Waals surface area contributed by atoms with Crippen LogP contribution >= 0.6 is 0 Å². The van der Waals surface area contributed by atoms with Crippen LogP contribution in [-0.2, 0) is 6.42 Å². The van der Waals surface area contributed by atoms with E-state index in [1.807, 2.05) is 0 Å². The molecule has 1 atom stereocenters. The molecule has 0 heterocycles. The van der Waals surface area contributed by atoms with Gasteiger partial charge in [-0.2, -0.15) is 0 Å². The highest BCUT2D eigenvalue weighted by Crippen LogP contribution is 2.23. The summed E-state index contributed by atoms with van der Waals surface area (Å²) in [5.41, 5.74) is 12.8. The van der Waals surface area contributed by atoms with Crippen molar-refractivity contribution < 1.29 is 0 Å². The molecule has 2 nitrogen and oxygen atoms in total. The number of aryl methyl sites for hydroxylation is 2. The fraction of sp³-hybridized carbons (Fsp3) is 0.333. The highest BCUT2D eigenvalue weighted by atomic mass is 15.1. The molecule has 2 rings (SSSR count). The molecule has 0 aromatic heterocycles. The third kappa shape index (κ3) is 3.20. The molecule has 1 unspecified atom stereocenters. The highest BCUT2D eigenvalue weighted by molar-refractivity contribution is 5.48. The molecule has 0 amide bonds. The van der Waals surface area contributed by atoms with Gasteiger partial charge in [0.25, 0.3) is 0 Å². The summed E-state index contributed by atoms with van der Waals surface area (Å²) in [6.45, 7) is 4.32. The zero-order valence-corrected chi connectivity index (χ0v) is 12.9. The zero-order chi connectivity index (χ0) is 14.7. The molecule has 2 N–H and O–H groups in total. The molecule has 0 saturated carbocycles. The van der Waals surface area contributed by atoms with E-state index in [-0.39, 0.29) is 6.04 Å². The van der Waals surface area contributed by atoms with Crippen LogP contribution in [0.4, 0.5) is 5.69 Å². The number of benzene rings is 2. The standard InChI is InChI=1S/C18H24N2/c1-13-7-5-8-14(2)17(13)12-18(19)15-9-6-10-16(11-15)20(3)4/h5-11,18H,12,19H2,1-4H3. The number of hydrogen-bond acceptors (Lipinski definition) is 2. The molecular weight excluding hydrogens is 244 g/mol. The minimum atomic E-state index is 0.0368. The van der Waals surface area contributed by atoms with Crippen molar-refractivity contribution in [2.75, 3.05) is 19.0 Å². The molecule has 0 bridgehead atoms. The summed E-state index contributed by atoms with van der Waals surface area (Å²) in [5.74, 6) is 0. The van der Waals surface area contributed by atoms with E-state index in [9.17, 15) is 0 Å². The van der Waals surface area contributed by atoms with Crippen LogP contribution in [0.5, 0.6) is 0 Å². The van der Waals surface area contributed by atoms with Gasteiger partial charge in [-0.15, -0.1) is 0 Å². The van der Waals surface area contributed by atoms with Gasteiger partial charge in [0, 0.05) is 25.8 Å². The van der Waals surface area contributed by atoms with Crippen molar-refractivity contribution in [3.63, 3.8) is 0 Å². The van der Waals surface area contributed by atoms with Crippen LogP contribution in [-0.4, -0.2) is 14.1 Å². The molecule has 20 heavy (non-hydrogen) atoms. The molecule has 2 aromatic carbocycles. The third-order valence-electron chi connectivity index (χ3n) is 3.88. The molecule has 106 valence electrons. The SMILES string of the molecule is Cc1cccc(C)c1CC(N)c1cccc(N(C)C)c1. The van der Waals surface area contributed by atoms with Gasteiger partial charge in [-0.25, -0.2) is 0 Å². The molecular formula is C18H24N2. The Bertz CT molecular complexity index is 567. The van der Waals surface area contributed by atoms with Crippen LogP contribution in [0.25, 0.3) is 0 Å². The molecule has 0 aliphatic carbocycles. The number of hydrogen-bond donors (Lipinski definition) is 1. The normalized spacial score (nSPS) is 12.2. The van der Waals surface area contributed by atoms with Crippen LogP contribution in [0.1, 0.15) is 28.3 Å².